The van der Waals surface area contributed by atoms with Gasteiger partial charge in [-0.05, 0) is 0 Å². The second-order valence-corrected chi connectivity index (χ2v) is 1.44. The molecule has 0 bridgehead atoms. The highest BCUT2D eigenvalue weighted by Crippen LogP contribution is 1.57. The first kappa shape index (κ1) is 7.43. The van der Waals surface area contributed by atoms with Gasteiger partial charge in [0.1, 0.15) is 0 Å². The third-order valence-electron chi connectivity index (χ3n) is 0.643. The number of carbonyl (C=O) groups excluding carboxylic acids is 1. The lowest BCUT2D eigenvalue weighted by Gasteiger charge is -1.97. The van der Waals surface area contributed by atoms with E-state index in [0.29, 0.717) is 13.1 Å². The standard InChI is InChI=1S/C5H10N2O/c1-5(8)7-4-3-6-2/h2,6H,3-4H2,1H3,(H,7,8). The van der Waals surface area contributed by atoms with Gasteiger partial charge in [-0.3, -0.25) is 4.79 Å². The molecule has 0 aliphatic carbocycles. The van der Waals surface area contributed by atoms with Crippen LogP contribution in [0.3, 0.4) is 0 Å². The Morgan fingerprint density at radius 3 is 2.62 bits per heavy atom. The molecular weight excluding hydrogens is 104 g/mol. The number of hydrogen-bond acceptors (Lipinski definition) is 2. The van der Waals surface area contributed by atoms with Gasteiger partial charge in [-0.1, -0.05) is 0 Å². The minimum atomic E-state index is -0.0275. The Bertz CT molecular complexity index is 72.8. The smallest absolute Gasteiger partial charge is 0.216 e. The highest BCUT2D eigenvalue weighted by atomic mass is 16.1. The molecule has 0 saturated heterocycles. The van der Waals surface area contributed by atoms with Crippen LogP contribution in [0.4, 0.5) is 0 Å². The molecule has 0 heterocycles. The van der Waals surface area contributed by atoms with Crippen molar-refractivity contribution in [2.24, 2.45) is 0 Å². The Morgan fingerprint density at radius 2 is 2.25 bits per heavy atom. The maximum absolute atomic E-state index is 10.1. The molecule has 8 heavy (non-hydrogen) atoms. The molecule has 2 N–H and O–H groups in total. The summed E-state index contributed by atoms with van der Waals surface area (Å²) in [6.07, 6.45) is 0. The molecule has 0 rings (SSSR count). The Labute approximate surface area is 49.5 Å². The second kappa shape index (κ2) is 4.59. The van der Waals surface area contributed by atoms with E-state index in [1.165, 1.54) is 6.92 Å². The Hall–Kier alpha value is -0.570. The molecule has 2 radical (unpaired) electrons. The number of carbonyl (C=O) groups is 1. The second-order valence-electron chi connectivity index (χ2n) is 1.44. The van der Waals surface area contributed by atoms with Gasteiger partial charge < -0.3 is 10.6 Å². The summed E-state index contributed by atoms with van der Waals surface area (Å²) in [5, 5.41) is 4.97. The number of rotatable bonds is 3. The van der Waals surface area contributed by atoms with Gasteiger partial charge in [0.2, 0.25) is 5.91 Å². The van der Waals surface area contributed by atoms with E-state index in [1.807, 2.05) is 0 Å². The first-order valence-electron chi connectivity index (χ1n) is 2.45. The van der Waals surface area contributed by atoms with Gasteiger partial charge in [0.15, 0.2) is 0 Å². The van der Waals surface area contributed by atoms with Crippen LogP contribution in [0, 0.1) is 7.05 Å². The zero-order chi connectivity index (χ0) is 6.41. The van der Waals surface area contributed by atoms with Gasteiger partial charge >= 0.3 is 0 Å². The molecule has 0 aromatic rings. The summed E-state index contributed by atoms with van der Waals surface area (Å²) in [5.74, 6) is -0.0275. The maximum Gasteiger partial charge on any atom is 0.216 e. The van der Waals surface area contributed by atoms with Gasteiger partial charge in [0.25, 0.3) is 0 Å². The van der Waals surface area contributed by atoms with E-state index >= 15 is 0 Å². The third-order valence-corrected chi connectivity index (χ3v) is 0.643. The fraction of sp³-hybridized carbons (Fsp3) is 0.600. The summed E-state index contributed by atoms with van der Waals surface area (Å²) >= 11 is 0. The van der Waals surface area contributed by atoms with Gasteiger partial charge in [-0.2, -0.15) is 0 Å². The topological polar surface area (TPSA) is 41.1 Å². The predicted molar refractivity (Wildman–Crippen MR) is 31.0 cm³/mol. The zero-order valence-corrected chi connectivity index (χ0v) is 4.90. The molecule has 46 valence electrons. The highest BCUT2D eigenvalue weighted by Gasteiger charge is 1.85. The maximum atomic E-state index is 10.1. The normalized spacial score (nSPS) is 8.75. The van der Waals surface area contributed by atoms with E-state index in [2.05, 4.69) is 10.6 Å². The molecule has 0 fully saturated rings. The van der Waals surface area contributed by atoms with Gasteiger partial charge in [-0.25, -0.2) is 0 Å². The Kier molecular flexibility index (Phi) is 4.26. The molecular formula is C5H10N2O. The number of hydrogen-bond donors (Lipinski definition) is 2. The van der Waals surface area contributed by atoms with Crippen molar-refractivity contribution in [3.8, 4) is 0 Å². The van der Waals surface area contributed by atoms with Crippen LogP contribution in [0.2, 0.25) is 0 Å². The number of nitrogens with one attached hydrogen (secondary N) is 2. The Balaban J connectivity index is 2.82. The van der Waals surface area contributed by atoms with Crippen LogP contribution in [-0.4, -0.2) is 19.0 Å². The van der Waals surface area contributed by atoms with Crippen LogP contribution in [0.1, 0.15) is 6.92 Å². The summed E-state index contributed by atoms with van der Waals surface area (Å²) in [6, 6.07) is 0. The molecule has 0 aliphatic heterocycles. The van der Waals surface area contributed by atoms with Gasteiger partial charge in [0.05, 0.1) is 0 Å². The van der Waals surface area contributed by atoms with E-state index in [4.69, 9.17) is 7.05 Å². The summed E-state index contributed by atoms with van der Waals surface area (Å²) in [7, 11) is 4.91. The summed E-state index contributed by atoms with van der Waals surface area (Å²) in [5.41, 5.74) is 0. The van der Waals surface area contributed by atoms with Crippen molar-refractivity contribution in [1.82, 2.24) is 10.6 Å². The molecule has 0 atom stereocenters. The van der Waals surface area contributed by atoms with Crippen molar-refractivity contribution in [2.45, 2.75) is 6.92 Å². The van der Waals surface area contributed by atoms with Crippen molar-refractivity contribution < 1.29 is 4.79 Å². The predicted octanol–water partition coefficient (Wildman–Crippen LogP) is -0.619. The van der Waals surface area contributed by atoms with E-state index in [-0.39, 0.29) is 5.91 Å². The molecule has 0 aromatic heterocycles. The molecule has 0 saturated carbocycles. The minimum absolute atomic E-state index is 0.0275. The average molecular weight is 114 g/mol. The van der Waals surface area contributed by atoms with E-state index < -0.39 is 0 Å². The molecule has 0 unspecified atom stereocenters. The molecule has 0 aromatic carbocycles. The molecule has 0 aliphatic rings. The van der Waals surface area contributed by atoms with Crippen LogP contribution < -0.4 is 10.6 Å². The van der Waals surface area contributed by atoms with Crippen LogP contribution in [0.5, 0.6) is 0 Å². The van der Waals surface area contributed by atoms with Crippen LogP contribution in [-0.2, 0) is 4.79 Å². The summed E-state index contributed by atoms with van der Waals surface area (Å²) in [4.78, 5) is 10.1. The van der Waals surface area contributed by atoms with Crippen molar-refractivity contribution in [3.05, 3.63) is 7.05 Å². The average Bonchev–Trinajstić information content (AvgIpc) is 1.66. The van der Waals surface area contributed by atoms with E-state index in [9.17, 15) is 4.79 Å². The monoisotopic (exact) mass is 114 g/mol. The lowest BCUT2D eigenvalue weighted by atomic mass is 10.6. The Morgan fingerprint density at radius 1 is 1.62 bits per heavy atom. The van der Waals surface area contributed by atoms with Crippen LogP contribution in [0.15, 0.2) is 0 Å². The van der Waals surface area contributed by atoms with Crippen molar-refractivity contribution in [1.29, 1.82) is 0 Å². The fourth-order valence-electron chi connectivity index (χ4n) is 0.311. The van der Waals surface area contributed by atoms with E-state index in [1.54, 1.807) is 0 Å². The first-order chi connectivity index (χ1) is 3.77. The van der Waals surface area contributed by atoms with Crippen molar-refractivity contribution in [3.63, 3.8) is 0 Å². The largest absolute Gasteiger partial charge is 0.355 e. The van der Waals surface area contributed by atoms with Gasteiger partial charge in [0, 0.05) is 27.1 Å². The fourth-order valence-corrected chi connectivity index (χ4v) is 0.311. The van der Waals surface area contributed by atoms with Crippen LogP contribution in [0.25, 0.3) is 0 Å². The first-order valence-corrected chi connectivity index (χ1v) is 2.45. The lowest BCUT2D eigenvalue weighted by molar-refractivity contribution is -0.118. The van der Waals surface area contributed by atoms with E-state index in [0.717, 1.165) is 0 Å². The molecule has 1 amide bonds. The third kappa shape index (κ3) is 5.43. The molecule has 3 nitrogen and oxygen atoms in total. The van der Waals surface area contributed by atoms with Crippen LogP contribution >= 0.6 is 0 Å². The summed E-state index contributed by atoms with van der Waals surface area (Å²) in [6.45, 7) is 2.67. The van der Waals surface area contributed by atoms with Crippen molar-refractivity contribution in [2.75, 3.05) is 13.1 Å². The van der Waals surface area contributed by atoms with Gasteiger partial charge in [-0.15, -0.1) is 0 Å². The molecule has 0 spiro atoms. The SMILES string of the molecule is [CH]NCCNC(C)=O. The zero-order valence-electron chi connectivity index (χ0n) is 4.90. The quantitative estimate of drug-likeness (QED) is 0.379. The highest BCUT2D eigenvalue weighted by molar-refractivity contribution is 5.72. The van der Waals surface area contributed by atoms with Crippen molar-refractivity contribution >= 4 is 5.91 Å². The summed E-state index contributed by atoms with van der Waals surface area (Å²) < 4.78 is 0. The lowest BCUT2D eigenvalue weighted by Crippen LogP contribution is -2.27. The molecule has 3 heteroatoms. The number of amides is 1. The minimum Gasteiger partial charge on any atom is -0.355 e.